The van der Waals surface area contributed by atoms with E-state index in [0.717, 1.165) is 44.3 Å². The Morgan fingerprint density at radius 3 is 2.60 bits per heavy atom. The number of guanidine groups is 1. The van der Waals surface area contributed by atoms with Crippen LogP contribution in [0.3, 0.4) is 0 Å². The van der Waals surface area contributed by atoms with Gasteiger partial charge in [0.2, 0.25) is 0 Å². The number of nitrogens with one attached hydrogen (secondary N) is 2. The van der Waals surface area contributed by atoms with Crippen molar-refractivity contribution in [1.29, 1.82) is 0 Å². The number of hydrogen-bond acceptors (Lipinski definition) is 3. The fourth-order valence-corrected chi connectivity index (χ4v) is 2.94. The Kier molecular flexibility index (Phi) is 10.2. The molecule has 25 heavy (non-hydrogen) atoms. The molecule has 1 unspecified atom stereocenters. The fraction of sp³-hybridized carbons (Fsp3) is 0.789. The Bertz CT molecular complexity index is 496. The molecule has 1 atom stereocenters. The van der Waals surface area contributed by atoms with Crippen LogP contribution < -0.4 is 10.6 Å². The molecule has 0 saturated heterocycles. The topological polar surface area (TPSA) is 74.5 Å². The average molecular weight is 352 g/mol. The third-order valence-corrected chi connectivity index (χ3v) is 3.99. The molecule has 0 saturated carbocycles. The van der Waals surface area contributed by atoms with Gasteiger partial charge in [0, 0.05) is 38.6 Å². The van der Waals surface area contributed by atoms with Gasteiger partial charge in [0.05, 0.1) is 0 Å². The van der Waals surface area contributed by atoms with Gasteiger partial charge in [-0.1, -0.05) is 27.7 Å². The van der Waals surface area contributed by atoms with Crippen molar-refractivity contribution in [2.24, 2.45) is 22.7 Å². The predicted molar refractivity (Wildman–Crippen MR) is 105 cm³/mol. The van der Waals surface area contributed by atoms with E-state index in [2.05, 4.69) is 59.8 Å². The molecule has 1 aromatic heterocycles. The van der Waals surface area contributed by atoms with E-state index in [4.69, 9.17) is 0 Å². The van der Waals surface area contributed by atoms with E-state index in [0.29, 0.717) is 24.3 Å². The lowest BCUT2D eigenvalue weighted by molar-refractivity contribution is 0.243. The van der Waals surface area contributed by atoms with Gasteiger partial charge in [0.25, 0.3) is 0 Å². The molecule has 0 aliphatic heterocycles. The highest BCUT2D eigenvalue weighted by Crippen LogP contribution is 2.14. The highest BCUT2D eigenvalue weighted by molar-refractivity contribution is 5.79. The first-order valence-electron chi connectivity index (χ1n) is 9.59. The highest BCUT2D eigenvalue weighted by atomic mass is 16.3. The van der Waals surface area contributed by atoms with Crippen LogP contribution in [0.25, 0.3) is 0 Å². The van der Waals surface area contributed by atoms with Crippen LogP contribution in [-0.4, -0.2) is 40.3 Å². The van der Waals surface area contributed by atoms with Crippen molar-refractivity contribution in [2.45, 2.75) is 60.5 Å². The quantitative estimate of drug-likeness (QED) is 0.423. The molecular formula is C19H37N5O. The third-order valence-electron chi connectivity index (χ3n) is 3.99. The zero-order chi connectivity index (χ0) is 18.7. The molecule has 0 aliphatic rings. The van der Waals surface area contributed by atoms with Crippen molar-refractivity contribution in [2.75, 3.05) is 19.7 Å². The van der Waals surface area contributed by atoms with Gasteiger partial charge in [-0.2, -0.15) is 0 Å². The Morgan fingerprint density at radius 2 is 2.00 bits per heavy atom. The maximum Gasteiger partial charge on any atom is 0.191 e. The summed E-state index contributed by atoms with van der Waals surface area (Å²) in [5.74, 6) is 3.46. The number of hydrogen-bond donors (Lipinski definition) is 3. The second-order valence-corrected chi connectivity index (χ2v) is 7.47. The first kappa shape index (κ1) is 21.5. The molecule has 0 aromatic carbocycles. The van der Waals surface area contributed by atoms with E-state index in [1.165, 1.54) is 0 Å². The second-order valence-electron chi connectivity index (χ2n) is 7.47. The van der Waals surface area contributed by atoms with Crippen molar-refractivity contribution in [3.05, 3.63) is 18.2 Å². The molecule has 6 nitrogen and oxygen atoms in total. The van der Waals surface area contributed by atoms with E-state index in [9.17, 15) is 5.11 Å². The summed E-state index contributed by atoms with van der Waals surface area (Å²) in [7, 11) is 0. The molecule has 1 heterocycles. The van der Waals surface area contributed by atoms with Gasteiger partial charge in [0.1, 0.15) is 12.4 Å². The monoisotopic (exact) mass is 351 g/mol. The minimum absolute atomic E-state index is 0.236. The van der Waals surface area contributed by atoms with Crippen LogP contribution in [0.5, 0.6) is 0 Å². The molecule has 0 radical (unpaired) electrons. The van der Waals surface area contributed by atoms with E-state index >= 15 is 0 Å². The number of aliphatic imine (C=N–C) groups is 1. The fourth-order valence-electron chi connectivity index (χ4n) is 2.94. The lowest BCUT2D eigenvalue weighted by Crippen LogP contribution is -2.40. The predicted octanol–water partition coefficient (Wildman–Crippen LogP) is 2.64. The summed E-state index contributed by atoms with van der Waals surface area (Å²) >= 11 is 0. The first-order chi connectivity index (χ1) is 12.0. The van der Waals surface area contributed by atoms with Gasteiger partial charge in [-0.05, 0) is 37.5 Å². The Labute approximate surface area is 153 Å². The minimum Gasteiger partial charge on any atom is -0.396 e. The molecule has 6 heteroatoms. The van der Waals surface area contributed by atoms with Crippen LogP contribution in [0.4, 0.5) is 0 Å². The van der Waals surface area contributed by atoms with E-state index in [1.54, 1.807) is 0 Å². The van der Waals surface area contributed by atoms with Crippen molar-refractivity contribution in [3.8, 4) is 0 Å². The zero-order valence-electron chi connectivity index (χ0n) is 16.6. The molecule has 0 amide bonds. The molecule has 1 aromatic rings. The summed E-state index contributed by atoms with van der Waals surface area (Å²) in [5.41, 5.74) is 0. The largest absolute Gasteiger partial charge is 0.396 e. The molecule has 0 spiro atoms. The number of nitrogens with zero attached hydrogens (tertiary/aromatic N) is 3. The average Bonchev–Trinajstić information content (AvgIpc) is 2.96. The summed E-state index contributed by atoms with van der Waals surface area (Å²) in [5, 5.41) is 16.0. The van der Waals surface area contributed by atoms with E-state index in [-0.39, 0.29) is 6.61 Å². The number of rotatable bonds is 11. The molecular weight excluding hydrogens is 314 g/mol. The van der Waals surface area contributed by atoms with Crippen LogP contribution in [-0.2, 0) is 13.1 Å². The van der Waals surface area contributed by atoms with E-state index < -0.39 is 0 Å². The summed E-state index contributed by atoms with van der Waals surface area (Å²) in [6, 6.07) is 0. The van der Waals surface area contributed by atoms with Crippen molar-refractivity contribution in [1.82, 2.24) is 20.2 Å². The standard InChI is InChI=1S/C19H37N5O/c1-6-20-19(22-12-17(7-10-25)11-15(2)3)23-13-18-21-8-9-24(18)14-16(4)5/h8-9,15-17,25H,6-7,10-14H2,1-5H3,(H2,20,22,23). The molecule has 0 bridgehead atoms. The smallest absolute Gasteiger partial charge is 0.191 e. The summed E-state index contributed by atoms with van der Waals surface area (Å²) in [6.45, 7) is 14.3. The van der Waals surface area contributed by atoms with E-state index in [1.807, 2.05) is 12.4 Å². The van der Waals surface area contributed by atoms with Gasteiger partial charge in [-0.15, -0.1) is 0 Å². The number of imidazole rings is 1. The summed E-state index contributed by atoms with van der Waals surface area (Å²) in [6.07, 6.45) is 5.79. The van der Waals surface area contributed by atoms with Gasteiger partial charge in [0.15, 0.2) is 5.96 Å². The first-order valence-corrected chi connectivity index (χ1v) is 9.59. The molecule has 0 fully saturated rings. The van der Waals surface area contributed by atoms with Crippen LogP contribution in [0, 0.1) is 17.8 Å². The molecule has 3 N–H and O–H groups in total. The summed E-state index contributed by atoms with van der Waals surface area (Å²) in [4.78, 5) is 9.12. The highest BCUT2D eigenvalue weighted by Gasteiger charge is 2.12. The van der Waals surface area contributed by atoms with Crippen LogP contribution in [0.2, 0.25) is 0 Å². The van der Waals surface area contributed by atoms with Gasteiger partial charge in [-0.25, -0.2) is 9.98 Å². The Morgan fingerprint density at radius 1 is 1.24 bits per heavy atom. The second kappa shape index (κ2) is 11.9. The molecule has 144 valence electrons. The number of aromatic nitrogens is 2. The maximum absolute atomic E-state index is 9.26. The number of aliphatic hydroxyl groups excluding tert-OH is 1. The Hall–Kier alpha value is -1.56. The Balaban J connectivity index is 2.65. The third kappa shape index (κ3) is 8.91. The van der Waals surface area contributed by atoms with Crippen LogP contribution in [0.15, 0.2) is 17.4 Å². The van der Waals surface area contributed by atoms with Gasteiger partial charge >= 0.3 is 0 Å². The number of aliphatic hydroxyl groups is 1. The zero-order valence-corrected chi connectivity index (χ0v) is 16.6. The minimum atomic E-state index is 0.236. The lowest BCUT2D eigenvalue weighted by Gasteiger charge is -2.20. The van der Waals surface area contributed by atoms with Crippen molar-refractivity contribution in [3.63, 3.8) is 0 Å². The van der Waals surface area contributed by atoms with Crippen molar-refractivity contribution < 1.29 is 5.11 Å². The SMILES string of the molecule is CCNC(=NCc1nccn1CC(C)C)NCC(CCO)CC(C)C. The normalized spacial score (nSPS) is 13.5. The van der Waals surface area contributed by atoms with Crippen LogP contribution in [0.1, 0.15) is 53.3 Å². The summed E-state index contributed by atoms with van der Waals surface area (Å²) < 4.78 is 2.17. The van der Waals surface area contributed by atoms with Crippen molar-refractivity contribution >= 4 is 5.96 Å². The van der Waals surface area contributed by atoms with Gasteiger partial charge < -0.3 is 20.3 Å². The van der Waals surface area contributed by atoms with Gasteiger partial charge in [-0.3, -0.25) is 0 Å². The van der Waals surface area contributed by atoms with Crippen LogP contribution >= 0.6 is 0 Å². The molecule has 0 aliphatic carbocycles. The lowest BCUT2D eigenvalue weighted by atomic mass is 9.94. The maximum atomic E-state index is 9.26. The molecule has 1 rings (SSSR count).